The van der Waals surface area contributed by atoms with Crippen molar-refractivity contribution in [1.29, 1.82) is 0 Å². The second-order valence-corrected chi connectivity index (χ2v) is 15.2. The molecule has 0 N–H and O–H groups in total. The van der Waals surface area contributed by atoms with Gasteiger partial charge in [-0.3, -0.25) is 10.1 Å². The first-order valence-corrected chi connectivity index (χ1v) is 13.0. The number of hydrogen-bond acceptors (Lipinski definition) is 4. The fraction of sp³-hybridized carbons (Fsp3) is 0.500. The van der Waals surface area contributed by atoms with Crippen molar-refractivity contribution in [2.75, 3.05) is 0 Å². The van der Waals surface area contributed by atoms with Gasteiger partial charge in [0.15, 0.2) is 5.75 Å². The highest BCUT2D eigenvalue weighted by Crippen LogP contribution is 2.34. The third-order valence-electron chi connectivity index (χ3n) is 1.97. The van der Waals surface area contributed by atoms with Gasteiger partial charge in [0.1, 0.15) is 5.75 Å². The Morgan fingerprint density at radius 3 is 1.84 bits per heavy atom. The van der Waals surface area contributed by atoms with E-state index in [0.29, 0.717) is 11.5 Å². The van der Waals surface area contributed by atoms with Crippen LogP contribution in [0.1, 0.15) is 0 Å². The third-order valence-corrected chi connectivity index (χ3v) is 3.63. The minimum atomic E-state index is -1.85. The van der Waals surface area contributed by atoms with Crippen LogP contribution in [0, 0.1) is 10.1 Å². The van der Waals surface area contributed by atoms with Gasteiger partial charge >= 0.3 is 0 Å². The van der Waals surface area contributed by atoms with Crippen molar-refractivity contribution in [2.45, 2.75) is 39.3 Å². The molecule has 0 aliphatic carbocycles. The van der Waals surface area contributed by atoms with Gasteiger partial charge in [0.25, 0.3) is 5.69 Å². The number of rotatable bonds is 5. The minimum Gasteiger partial charge on any atom is -0.542 e. The first-order valence-electron chi connectivity index (χ1n) is 6.14. The first-order chi connectivity index (χ1) is 8.48. The maximum atomic E-state index is 10.8. The summed E-state index contributed by atoms with van der Waals surface area (Å²) in [7, 11) is -3.63. The van der Waals surface area contributed by atoms with Gasteiger partial charge in [-0.05, 0) is 45.3 Å². The van der Waals surface area contributed by atoms with E-state index in [2.05, 4.69) is 19.6 Å². The molecule has 106 valence electrons. The topological polar surface area (TPSA) is 61.6 Å². The predicted octanol–water partition coefficient (Wildman–Crippen LogP) is 4.02. The fourth-order valence-electron chi connectivity index (χ4n) is 1.43. The highest BCUT2D eigenvalue weighted by Gasteiger charge is 2.24. The van der Waals surface area contributed by atoms with E-state index in [1.165, 1.54) is 12.1 Å². The second-order valence-electron chi connectivity index (χ2n) is 6.32. The molecule has 0 aromatic heterocycles. The van der Waals surface area contributed by atoms with Crippen LogP contribution in [0.15, 0.2) is 18.2 Å². The summed E-state index contributed by atoms with van der Waals surface area (Å²) in [5, 5.41) is 10.8. The van der Waals surface area contributed by atoms with Crippen LogP contribution in [0.2, 0.25) is 39.3 Å². The average Bonchev–Trinajstić information content (AvgIpc) is 2.15. The maximum absolute atomic E-state index is 10.8. The molecular weight excluding hydrogens is 278 g/mol. The summed E-state index contributed by atoms with van der Waals surface area (Å²) in [5.74, 6) is 1.09. The Morgan fingerprint density at radius 2 is 1.42 bits per heavy atom. The highest BCUT2D eigenvalue weighted by atomic mass is 28.4. The Kier molecular flexibility index (Phi) is 4.41. The van der Waals surface area contributed by atoms with Crippen molar-refractivity contribution in [1.82, 2.24) is 0 Å². The lowest BCUT2D eigenvalue weighted by atomic mass is 10.3. The van der Waals surface area contributed by atoms with E-state index in [0.717, 1.165) is 0 Å². The molecule has 0 fully saturated rings. The third kappa shape index (κ3) is 5.43. The summed E-state index contributed by atoms with van der Waals surface area (Å²) in [6.45, 7) is 12.3. The number of hydrogen-bond donors (Lipinski definition) is 0. The SMILES string of the molecule is C[Si](C)(C)Oc1ccc([N+](=O)[O-])cc1O[Si](C)(C)C. The normalized spacial score (nSPS) is 12.1. The summed E-state index contributed by atoms with van der Waals surface area (Å²) in [5.41, 5.74) is 0.0242. The molecule has 0 saturated carbocycles. The van der Waals surface area contributed by atoms with Crippen molar-refractivity contribution in [3.63, 3.8) is 0 Å². The number of nitrogens with zero attached hydrogens (tertiary/aromatic N) is 1. The van der Waals surface area contributed by atoms with Gasteiger partial charge in [-0.15, -0.1) is 0 Å². The van der Waals surface area contributed by atoms with Gasteiger partial charge in [-0.25, -0.2) is 0 Å². The van der Waals surface area contributed by atoms with Crippen LogP contribution in [0.3, 0.4) is 0 Å². The minimum absolute atomic E-state index is 0.0242. The quantitative estimate of drug-likeness (QED) is 0.468. The molecule has 0 heterocycles. The molecule has 1 aromatic carbocycles. The summed E-state index contributed by atoms with van der Waals surface area (Å²) < 4.78 is 11.8. The van der Waals surface area contributed by atoms with Crippen molar-refractivity contribution >= 4 is 22.3 Å². The van der Waals surface area contributed by atoms with E-state index in [9.17, 15) is 10.1 Å². The summed E-state index contributed by atoms with van der Waals surface area (Å²) in [4.78, 5) is 10.4. The molecule has 5 nitrogen and oxygen atoms in total. The molecular formula is C12H21NO4Si2. The molecule has 0 saturated heterocycles. The molecule has 1 rings (SSSR count). The molecule has 7 heteroatoms. The van der Waals surface area contributed by atoms with Gasteiger partial charge in [-0.2, -0.15) is 0 Å². The van der Waals surface area contributed by atoms with Crippen LogP contribution < -0.4 is 8.85 Å². The van der Waals surface area contributed by atoms with Crippen molar-refractivity contribution in [2.24, 2.45) is 0 Å². The molecule has 1 aromatic rings. The molecule has 19 heavy (non-hydrogen) atoms. The van der Waals surface area contributed by atoms with E-state index in [1.54, 1.807) is 6.07 Å². The van der Waals surface area contributed by atoms with E-state index in [1.807, 2.05) is 19.6 Å². The zero-order valence-corrected chi connectivity index (χ0v) is 14.3. The Hall–Kier alpha value is -1.35. The average molecular weight is 299 g/mol. The van der Waals surface area contributed by atoms with E-state index < -0.39 is 21.6 Å². The van der Waals surface area contributed by atoms with Gasteiger partial charge in [0.2, 0.25) is 16.6 Å². The first kappa shape index (κ1) is 15.7. The molecule has 0 bridgehead atoms. The molecule has 0 amide bonds. The number of benzene rings is 1. The van der Waals surface area contributed by atoms with Crippen LogP contribution >= 0.6 is 0 Å². The van der Waals surface area contributed by atoms with E-state index in [-0.39, 0.29) is 5.69 Å². The molecule has 0 spiro atoms. The van der Waals surface area contributed by atoms with E-state index >= 15 is 0 Å². The summed E-state index contributed by atoms with van der Waals surface area (Å²) >= 11 is 0. The summed E-state index contributed by atoms with van der Waals surface area (Å²) in [6.07, 6.45) is 0. The predicted molar refractivity (Wildman–Crippen MR) is 81.0 cm³/mol. The zero-order valence-electron chi connectivity index (χ0n) is 12.3. The molecule has 0 aliphatic heterocycles. The Labute approximate surface area is 116 Å². The molecule has 0 aliphatic rings. The second kappa shape index (κ2) is 5.34. The zero-order chi connectivity index (χ0) is 14.8. The largest absolute Gasteiger partial charge is 0.542 e. The Balaban J connectivity index is 3.19. The van der Waals surface area contributed by atoms with Crippen LogP contribution in [0.25, 0.3) is 0 Å². The molecule has 0 radical (unpaired) electrons. The Morgan fingerprint density at radius 1 is 0.947 bits per heavy atom. The van der Waals surface area contributed by atoms with Crippen molar-refractivity contribution in [3.8, 4) is 11.5 Å². The standard InChI is InChI=1S/C12H21NO4Si2/c1-18(2,3)16-11-8-7-10(13(14)15)9-12(11)17-19(4,5)6/h7-9H,1-6H3. The number of nitro benzene ring substituents is 1. The van der Waals surface area contributed by atoms with Crippen molar-refractivity contribution < 1.29 is 13.8 Å². The van der Waals surface area contributed by atoms with Gasteiger partial charge in [0.05, 0.1) is 11.0 Å². The monoisotopic (exact) mass is 299 g/mol. The van der Waals surface area contributed by atoms with Gasteiger partial charge in [0, 0.05) is 6.07 Å². The smallest absolute Gasteiger partial charge is 0.273 e. The lowest BCUT2D eigenvalue weighted by Gasteiger charge is -2.25. The van der Waals surface area contributed by atoms with E-state index in [4.69, 9.17) is 8.85 Å². The van der Waals surface area contributed by atoms with Crippen LogP contribution in [0.4, 0.5) is 5.69 Å². The lowest BCUT2D eigenvalue weighted by Crippen LogP contribution is -2.32. The molecule has 0 atom stereocenters. The summed E-state index contributed by atoms with van der Waals surface area (Å²) in [6, 6.07) is 4.53. The van der Waals surface area contributed by atoms with Crippen LogP contribution in [0.5, 0.6) is 11.5 Å². The number of non-ortho nitro benzene ring substituents is 1. The van der Waals surface area contributed by atoms with Gasteiger partial charge < -0.3 is 8.85 Å². The number of nitro groups is 1. The van der Waals surface area contributed by atoms with Crippen LogP contribution in [-0.4, -0.2) is 21.6 Å². The fourth-order valence-corrected chi connectivity index (χ4v) is 3.08. The van der Waals surface area contributed by atoms with Crippen molar-refractivity contribution in [3.05, 3.63) is 28.3 Å². The molecule has 0 unspecified atom stereocenters. The Bertz CT molecular complexity index is 478. The highest BCUT2D eigenvalue weighted by molar-refractivity contribution is 6.71. The maximum Gasteiger partial charge on any atom is 0.273 e. The van der Waals surface area contributed by atoms with Crippen LogP contribution in [-0.2, 0) is 0 Å². The van der Waals surface area contributed by atoms with Gasteiger partial charge in [-0.1, -0.05) is 0 Å². The lowest BCUT2D eigenvalue weighted by molar-refractivity contribution is -0.384.